The lowest BCUT2D eigenvalue weighted by molar-refractivity contribution is 0.0466. The summed E-state index contributed by atoms with van der Waals surface area (Å²) in [5.74, 6) is -0.250. The molecule has 1 N–H and O–H groups in total. The Hall–Kier alpha value is -4.23. The smallest absolute Gasteiger partial charge is 0.338 e. The van der Waals surface area contributed by atoms with Gasteiger partial charge in [-0.25, -0.2) is 4.79 Å². The van der Waals surface area contributed by atoms with Gasteiger partial charge in [0.25, 0.3) is 5.91 Å². The van der Waals surface area contributed by atoms with E-state index in [0.29, 0.717) is 52.3 Å². The zero-order valence-corrected chi connectivity index (χ0v) is 21.2. The minimum atomic E-state index is -0.393. The van der Waals surface area contributed by atoms with Crippen molar-refractivity contribution in [3.63, 3.8) is 0 Å². The number of aryl methyl sites for hydroxylation is 1. The summed E-state index contributed by atoms with van der Waals surface area (Å²) in [4.78, 5) is 39.7. The molecule has 0 saturated heterocycles. The van der Waals surface area contributed by atoms with E-state index in [0.717, 1.165) is 18.7 Å². The van der Waals surface area contributed by atoms with Crippen molar-refractivity contribution in [2.24, 2.45) is 0 Å². The van der Waals surface area contributed by atoms with Crippen LogP contribution in [0.1, 0.15) is 40.1 Å². The Morgan fingerprint density at radius 1 is 0.892 bits per heavy atom. The number of amides is 1. The number of benzene rings is 3. The molecule has 0 saturated carbocycles. The average Bonchev–Trinajstić information content (AvgIpc) is 2.92. The Kier molecular flexibility index (Phi) is 8.15. The maximum atomic E-state index is 12.7. The molecule has 0 aliphatic rings. The van der Waals surface area contributed by atoms with Gasteiger partial charge in [0.1, 0.15) is 18.0 Å². The molecular weight excluding hydrogens is 468 g/mol. The number of carbonyl (C=O) groups is 2. The van der Waals surface area contributed by atoms with Crippen LogP contribution < -0.4 is 10.7 Å². The minimum absolute atomic E-state index is 0.113. The first kappa shape index (κ1) is 25.9. The van der Waals surface area contributed by atoms with Gasteiger partial charge >= 0.3 is 5.97 Å². The Balaban J connectivity index is 1.38. The number of hydrogen-bond acceptors (Lipinski definition) is 6. The number of nitrogens with one attached hydrogen (secondary N) is 1. The Morgan fingerprint density at radius 3 is 2.24 bits per heavy atom. The summed E-state index contributed by atoms with van der Waals surface area (Å²) in [6.07, 6.45) is 0. The molecule has 1 heterocycles. The maximum absolute atomic E-state index is 12.7. The molecule has 3 aromatic carbocycles. The normalized spacial score (nSPS) is 11.0. The van der Waals surface area contributed by atoms with E-state index in [2.05, 4.69) is 24.1 Å². The molecule has 37 heavy (non-hydrogen) atoms. The number of esters is 1. The number of hydrogen-bond donors (Lipinski definition) is 1. The molecule has 1 aromatic heterocycles. The first-order valence-electron chi connectivity index (χ1n) is 12.3. The van der Waals surface area contributed by atoms with Gasteiger partial charge in [-0.1, -0.05) is 37.6 Å². The SMILES string of the molecule is CCN(CC)CCOC(=O)c1ccc(NC(=O)c2ccc(-c3cc(=O)c4cc(C)ccc4o3)cc2)cc1. The molecule has 0 atom stereocenters. The number of rotatable bonds is 9. The molecule has 7 heteroatoms. The molecule has 190 valence electrons. The molecule has 4 aromatic rings. The lowest BCUT2D eigenvalue weighted by atomic mass is 10.1. The number of anilines is 1. The molecule has 4 rings (SSSR count). The molecule has 0 unspecified atom stereocenters. The van der Waals surface area contributed by atoms with Gasteiger partial charge in [0.15, 0.2) is 5.43 Å². The summed E-state index contributed by atoms with van der Waals surface area (Å²) in [7, 11) is 0. The van der Waals surface area contributed by atoms with E-state index in [4.69, 9.17) is 9.15 Å². The van der Waals surface area contributed by atoms with Crippen molar-refractivity contribution < 1.29 is 18.7 Å². The van der Waals surface area contributed by atoms with E-state index < -0.39 is 5.97 Å². The summed E-state index contributed by atoms with van der Waals surface area (Å²) in [5, 5.41) is 3.36. The zero-order chi connectivity index (χ0) is 26.4. The van der Waals surface area contributed by atoms with Crippen LogP contribution in [0.5, 0.6) is 0 Å². The molecule has 0 radical (unpaired) electrons. The van der Waals surface area contributed by atoms with Gasteiger partial charge < -0.3 is 19.4 Å². The van der Waals surface area contributed by atoms with Gasteiger partial charge in [-0.15, -0.1) is 0 Å². The van der Waals surface area contributed by atoms with Gasteiger partial charge in [0.05, 0.1) is 10.9 Å². The average molecular weight is 499 g/mol. The highest BCUT2D eigenvalue weighted by Gasteiger charge is 2.12. The quantitative estimate of drug-likeness (QED) is 0.306. The van der Waals surface area contributed by atoms with Crippen LogP contribution >= 0.6 is 0 Å². The first-order chi connectivity index (χ1) is 17.9. The van der Waals surface area contributed by atoms with Gasteiger partial charge in [-0.3, -0.25) is 9.59 Å². The first-order valence-corrected chi connectivity index (χ1v) is 12.3. The molecule has 0 fully saturated rings. The van der Waals surface area contributed by atoms with Crippen molar-refractivity contribution in [1.29, 1.82) is 0 Å². The number of ether oxygens (including phenoxy) is 1. The van der Waals surface area contributed by atoms with E-state index in [1.54, 1.807) is 60.7 Å². The number of nitrogens with zero attached hydrogens (tertiary/aromatic N) is 1. The second-order valence-electron chi connectivity index (χ2n) is 8.75. The number of likely N-dealkylation sites (N-methyl/N-ethyl adjacent to an activating group) is 1. The Labute approximate surface area is 215 Å². The Bertz CT molecular complexity index is 1450. The third-order valence-corrected chi connectivity index (χ3v) is 6.23. The van der Waals surface area contributed by atoms with Gasteiger partial charge in [-0.2, -0.15) is 0 Å². The van der Waals surface area contributed by atoms with Crippen LogP contribution in [0.2, 0.25) is 0 Å². The van der Waals surface area contributed by atoms with E-state index in [1.165, 1.54) is 6.07 Å². The van der Waals surface area contributed by atoms with Crippen molar-refractivity contribution >= 4 is 28.5 Å². The van der Waals surface area contributed by atoms with Crippen molar-refractivity contribution in [2.75, 3.05) is 31.6 Å². The van der Waals surface area contributed by atoms with E-state index in [-0.39, 0.29) is 11.3 Å². The predicted molar refractivity (Wildman–Crippen MR) is 145 cm³/mol. The molecule has 0 bridgehead atoms. The van der Waals surface area contributed by atoms with Crippen LogP contribution in [0.15, 0.2) is 82.0 Å². The van der Waals surface area contributed by atoms with Gasteiger partial charge in [0.2, 0.25) is 0 Å². The predicted octanol–water partition coefficient (Wildman–Crippen LogP) is 5.52. The second kappa shape index (κ2) is 11.7. The van der Waals surface area contributed by atoms with Gasteiger partial charge in [-0.05, 0) is 68.5 Å². The molecule has 0 aliphatic heterocycles. The lowest BCUT2D eigenvalue weighted by Gasteiger charge is -2.17. The summed E-state index contributed by atoms with van der Waals surface area (Å²) in [6.45, 7) is 8.90. The van der Waals surface area contributed by atoms with Crippen molar-refractivity contribution in [3.8, 4) is 11.3 Å². The zero-order valence-electron chi connectivity index (χ0n) is 21.2. The Morgan fingerprint density at radius 2 is 1.57 bits per heavy atom. The third-order valence-electron chi connectivity index (χ3n) is 6.23. The highest BCUT2D eigenvalue weighted by molar-refractivity contribution is 6.04. The van der Waals surface area contributed by atoms with Crippen LogP contribution in [0.3, 0.4) is 0 Å². The monoisotopic (exact) mass is 498 g/mol. The maximum Gasteiger partial charge on any atom is 0.338 e. The van der Waals surface area contributed by atoms with Crippen LogP contribution in [-0.2, 0) is 4.74 Å². The lowest BCUT2D eigenvalue weighted by Crippen LogP contribution is -2.27. The third kappa shape index (κ3) is 6.32. The second-order valence-corrected chi connectivity index (χ2v) is 8.75. The topological polar surface area (TPSA) is 88.9 Å². The molecule has 7 nitrogen and oxygen atoms in total. The molecule has 0 spiro atoms. The van der Waals surface area contributed by atoms with E-state index >= 15 is 0 Å². The van der Waals surface area contributed by atoms with Crippen molar-refractivity contribution in [1.82, 2.24) is 4.90 Å². The fraction of sp³-hybridized carbons (Fsp3) is 0.233. The standard InChI is InChI=1S/C30H30N2O5/c1-4-32(5-2)16-17-36-30(35)23-11-13-24(14-12-23)31-29(34)22-9-7-21(8-10-22)28-19-26(33)25-18-20(3)6-15-27(25)37-28/h6-15,18-19H,4-5,16-17H2,1-3H3,(H,31,34). The largest absolute Gasteiger partial charge is 0.461 e. The number of carbonyl (C=O) groups excluding carboxylic acids is 2. The highest BCUT2D eigenvalue weighted by Crippen LogP contribution is 2.23. The van der Waals surface area contributed by atoms with Crippen LogP contribution in [-0.4, -0.2) is 43.0 Å². The summed E-state index contributed by atoms with van der Waals surface area (Å²) < 4.78 is 11.3. The van der Waals surface area contributed by atoms with E-state index in [1.807, 2.05) is 13.0 Å². The highest BCUT2D eigenvalue weighted by atomic mass is 16.5. The van der Waals surface area contributed by atoms with Crippen LogP contribution in [0, 0.1) is 6.92 Å². The minimum Gasteiger partial charge on any atom is -0.461 e. The molecule has 1 amide bonds. The van der Waals surface area contributed by atoms with Crippen molar-refractivity contribution in [3.05, 3.63) is 99.7 Å². The molecular formula is C30H30N2O5. The summed E-state index contributed by atoms with van der Waals surface area (Å²) in [5.41, 5.74) is 3.52. The fourth-order valence-electron chi connectivity index (χ4n) is 3.98. The van der Waals surface area contributed by atoms with Crippen LogP contribution in [0.25, 0.3) is 22.3 Å². The van der Waals surface area contributed by atoms with Crippen molar-refractivity contribution in [2.45, 2.75) is 20.8 Å². The number of fused-ring (bicyclic) bond motifs is 1. The molecule has 0 aliphatic carbocycles. The van der Waals surface area contributed by atoms with E-state index in [9.17, 15) is 14.4 Å². The summed E-state index contributed by atoms with van der Waals surface area (Å²) >= 11 is 0. The summed E-state index contributed by atoms with van der Waals surface area (Å²) in [6, 6.07) is 20.4. The van der Waals surface area contributed by atoms with Gasteiger partial charge in [0, 0.05) is 29.4 Å². The van der Waals surface area contributed by atoms with Crippen LogP contribution in [0.4, 0.5) is 5.69 Å². The fourth-order valence-corrected chi connectivity index (χ4v) is 3.98.